The van der Waals surface area contributed by atoms with E-state index in [1.807, 2.05) is 11.8 Å². The van der Waals surface area contributed by atoms with Gasteiger partial charge in [0.25, 0.3) is 0 Å². The van der Waals surface area contributed by atoms with Gasteiger partial charge < -0.3 is 4.74 Å². The summed E-state index contributed by atoms with van der Waals surface area (Å²) >= 11 is 1.90. The summed E-state index contributed by atoms with van der Waals surface area (Å²) < 4.78 is 5.23. The Morgan fingerprint density at radius 3 is 3.00 bits per heavy atom. The number of hydrogen-bond acceptors (Lipinski definition) is 3. The van der Waals surface area contributed by atoms with Gasteiger partial charge in [-0.15, -0.1) is 11.8 Å². The fourth-order valence-corrected chi connectivity index (χ4v) is 3.42. The lowest BCUT2D eigenvalue weighted by atomic mass is 9.95. The van der Waals surface area contributed by atoms with Gasteiger partial charge >= 0.3 is 5.97 Å². The lowest BCUT2D eigenvalue weighted by Gasteiger charge is -2.15. The first-order valence-electron chi connectivity index (χ1n) is 5.31. The van der Waals surface area contributed by atoms with Gasteiger partial charge in [0.2, 0.25) is 0 Å². The van der Waals surface area contributed by atoms with Gasteiger partial charge in [0.05, 0.1) is 12.5 Å². The Labute approximate surface area is 89.1 Å². The van der Waals surface area contributed by atoms with Crippen LogP contribution in [0.25, 0.3) is 0 Å². The standard InChI is InChI=1S/C11H16O2S/c1-2-3-6-13-11(12)9-7-8-4-5-10(9)14-8/h4-5,8-10H,2-3,6-7H2,1H3. The summed E-state index contributed by atoms with van der Waals surface area (Å²) in [7, 11) is 0. The number of unbranched alkanes of at least 4 members (excludes halogenated alkanes) is 1. The number of carbonyl (C=O) groups excluding carboxylic acids is 1. The lowest BCUT2D eigenvalue weighted by Crippen LogP contribution is -2.24. The minimum absolute atomic E-state index is 0.0165. The highest BCUT2D eigenvalue weighted by Gasteiger charge is 2.41. The molecule has 0 amide bonds. The Kier molecular flexibility index (Phi) is 3.16. The third-order valence-corrected chi connectivity index (χ3v) is 4.27. The fourth-order valence-electron chi connectivity index (χ4n) is 1.93. The molecule has 0 aromatic rings. The fraction of sp³-hybridized carbons (Fsp3) is 0.727. The molecular weight excluding hydrogens is 196 g/mol. The van der Waals surface area contributed by atoms with Crippen molar-refractivity contribution in [3.63, 3.8) is 0 Å². The van der Waals surface area contributed by atoms with Crippen LogP contribution in [0.3, 0.4) is 0 Å². The molecule has 0 aromatic carbocycles. The van der Waals surface area contributed by atoms with Gasteiger partial charge in [0.1, 0.15) is 0 Å². The number of fused-ring (bicyclic) bond motifs is 2. The molecule has 1 saturated heterocycles. The summed E-state index contributed by atoms with van der Waals surface area (Å²) in [6.07, 6.45) is 7.42. The maximum Gasteiger partial charge on any atom is 0.310 e. The SMILES string of the molecule is CCCCOC(=O)C1CC2C=CC1S2. The molecule has 0 aliphatic carbocycles. The van der Waals surface area contributed by atoms with Crippen molar-refractivity contribution in [1.29, 1.82) is 0 Å². The van der Waals surface area contributed by atoms with E-state index in [4.69, 9.17) is 4.74 Å². The van der Waals surface area contributed by atoms with Crippen molar-refractivity contribution < 1.29 is 9.53 Å². The van der Waals surface area contributed by atoms with Gasteiger partial charge in [-0.05, 0) is 12.8 Å². The van der Waals surface area contributed by atoms with Crippen molar-refractivity contribution in [1.82, 2.24) is 0 Å². The molecule has 0 spiro atoms. The van der Waals surface area contributed by atoms with Gasteiger partial charge in [0, 0.05) is 10.5 Å². The smallest absolute Gasteiger partial charge is 0.310 e. The zero-order chi connectivity index (χ0) is 9.97. The van der Waals surface area contributed by atoms with E-state index in [-0.39, 0.29) is 11.9 Å². The van der Waals surface area contributed by atoms with E-state index >= 15 is 0 Å². The molecule has 1 fully saturated rings. The van der Waals surface area contributed by atoms with Crippen LogP contribution in [0.5, 0.6) is 0 Å². The Morgan fingerprint density at radius 2 is 2.43 bits per heavy atom. The summed E-state index contributed by atoms with van der Waals surface area (Å²) in [5.74, 6) is 0.148. The van der Waals surface area contributed by atoms with Crippen molar-refractivity contribution in [3.8, 4) is 0 Å². The van der Waals surface area contributed by atoms with Crippen molar-refractivity contribution >= 4 is 17.7 Å². The van der Waals surface area contributed by atoms with E-state index in [2.05, 4.69) is 19.1 Å². The van der Waals surface area contributed by atoms with Crippen LogP contribution in [-0.4, -0.2) is 23.1 Å². The molecule has 2 bridgehead atoms. The lowest BCUT2D eigenvalue weighted by molar-refractivity contribution is -0.148. The number of ether oxygens (including phenoxy) is 1. The summed E-state index contributed by atoms with van der Waals surface area (Å²) in [6, 6.07) is 0. The van der Waals surface area contributed by atoms with Crippen LogP contribution in [0.2, 0.25) is 0 Å². The highest BCUT2D eigenvalue weighted by Crippen LogP contribution is 2.45. The van der Waals surface area contributed by atoms with Crippen LogP contribution >= 0.6 is 11.8 Å². The van der Waals surface area contributed by atoms with Crippen LogP contribution in [0.1, 0.15) is 26.2 Å². The van der Waals surface area contributed by atoms with Crippen molar-refractivity contribution in [2.45, 2.75) is 36.7 Å². The molecule has 3 atom stereocenters. The monoisotopic (exact) mass is 212 g/mol. The third kappa shape index (κ3) is 1.97. The molecular formula is C11H16O2S. The third-order valence-electron chi connectivity index (χ3n) is 2.78. The molecule has 0 aromatic heterocycles. The summed E-state index contributed by atoms with van der Waals surface area (Å²) in [6.45, 7) is 2.70. The summed E-state index contributed by atoms with van der Waals surface area (Å²) in [5.41, 5.74) is 0. The minimum Gasteiger partial charge on any atom is -0.465 e. The van der Waals surface area contributed by atoms with Gasteiger partial charge in [-0.3, -0.25) is 4.79 Å². The second-order valence-electron chi connectivity index (χ2n) is 3.89. The largest absolute Gasteiger partial charge is 0.465 e. The van der Waals surface area contributed by atoms with Crippen LogP contribution in [0.15, 0.2) is 12.2 Å². The number of carbonyl (C=O) groups is 1. The molecule has 0 saturated carbocycles. The molecule has 14 heavy (non-hydrogen) atoms. The molecule has 0 radical (unpaired) electrons. The van der Waals surface area contributed by atoms with Crippen LogP contribution in [-0.2, 0) is 9.53 Å². The van der Waals surface area contributed by atoms with E-state index in [1.165, 1.54) is 0 Å². The maximum atomic E-state index is 11.6. The highest BCUT2D eigenvalue weighted by molar-refractivity contribution is 8.01. The maximum absolute atomic E-state index is 11.6. The number of hydrogen-bond donors (Lipinski definition) is 0. The summed E-state index contributed by atoms with van der Waals surface area (Å²) in [5, 5.41) is 0.970. The molecule has 0 N–H and O–H groups in total. The Balaban J connectivity index is 1.79. The van der Waals surface area contributed by atoms with Crippen LogP contribution in [0, 0.1) is 5.92 Å². The Hall–Kier alpha value is -0.440. The van der Waals surface area contributed by atoms with Crippen LogP contribution in [0.4, 0.5) is 0 Å². The second kappa shape index (κ2) is 4.39. The van der Waals surface area contributed by atoms with Crippen molar-refractivity contribution in [2.75, 3.05) is 6.61 Å². The Morgan fingerprint density at radius 1 is 1.57 bits per heavy atom. The number of rotatable bonds is 4. The van der Waals surface area contributed by atoms with Crippen molar-refractivity contribution in [3.05, 3.63) is 12.2 Å². The van der Waals surface area contributed by atoms with E-state index in [9.17, 15) is 4.79 Å². The zero-order valence-electron chi connectivity index (χ0n) is 8.44. The first-order valence-corrected chi connectivity index (χ1v) is 6.26. The van der Waals surface area contributed by atoms with E-state index in [0.717, 1.165) is 19.3 Å². The first kappa shape index (κ1) is 10.1. The first-order chi connectivity index (χ1) is 6.81. The molecule has 2 nitrogen and oxygen atoms in total. The van der Waals surface area contributed by atoms with Gasteiger partial charge in [-0.1, -0.05) is 25.5 Å². The summed E-state index contributed by atoms with van der Waals surface area (Å²) in [4.78, 5) is 11.6. The molecule has 2 heterocycles. The Bertz CT molecular complexity index is 250. The van der Waals surface area contributed by atoms with Crippen LogP contribution < -0.4 is 0 Å². The molecule has 2 aliphatic heterocycles. The highest BCUT2D eigenvalue weighted by atomic mass is 32.2. The van der Waals surface area contributed by atoms with Gasteiger partial charge in [0.15, 0.2) is 0 Å². The molecule has 2 aliphatic rings. The zero-order valence-corrected chi connectivity index (χ0v) is 9.26. The predicted octanol–water partition coefficient (Wildman–Crippen LogP) is 2.39. The topological polar surface area (TPSA) is 26.3 Å². The average molecular weight is 212 g/mol. The van der Waals surface area contributed by atoms with Gasteiger partial charge in [-0.2, -0.15) is 0 Å². The molecule has 3 heteroatoms. The number of esters is 1. The van der Waals surface area contributed by atoms with E-state index in [1.54, 1.807) is 0 Å². The molecule has 78 valence electrons. The number of thioether (sulfide) groups is 1. The van der Waals surface area contributed by atoms with Gasteiger partial charge in [-0.25, -0.2) is 0 Å². The van der Waals surface area contributed by atoms with E-state index in [0.29, 0.717) is 17.1 Å². The van der Waals surface area contributed by atoms with Crippen molar-refractivity contribution in [2.24, 2.45) is 5.92 Å². The second-order valence-corrected chi connectivity index (χ2v) is 5.31. The minimum atomic E-state index is 0.0165. The quantitative estimate of drug-likeness (QED) is 0.406. The normalized spacial score (nSPS) is 33.6. The van der Waals surface area contributed by atoms with E-state index < -0.39 is 0 Å². The average Bonchev–Trinajstić information content (AvgIpc) is 2.79. The predicted molar refractivity (Wildman–Crippen MR) is 58.3 cm³/mol. The molecule has 2 rings (SSSR count). The molecule has 3 unspecified atom stereocenters.